The molecule has 16 heavy (non-hydrogen) atoms. The van der Waals surface area contributed by atoms with Crippen molar-refractivity contribution < 1.29 is 9.47 Å². The Kier molecular flexibility index (Phi) is 3.31. The van der Waals surface area contributed by atoms with Crippen LogP contribution < -0.4 is 0 Å². The third-order valence-electron chi connectivity index (χ3n) is 3.25. The Bertz CT molecular complexity index is 330. The molecule has 0 amide bonds. The van der Waals surface area contributed by atoms with Crippen molar-refractivity contribution in [3.63, 3.8) is 0 Å². The first-order chi connectivity index (χ1) is 7.71. The summed E-state index contributed by atoms with van der Waals surface area (Å²) in [6.45, 7) is 8.21. The molecular weight excluding hydrogens is 200 g/mol. The van der Waals surface area contributed by atoms with Gasteiger partial charge >= 0.3 is 0 Å². The van der Waals surface area contributed by atoms with Crippen LogP contribution in [0.4, 0.5) is 0 Å². The van der Waals surface area contributed by atoms with E-state index in [9.17, 15) is 0 Å². The summed E-state index contributed by atoms with van der Waals surface area (Å²) in [6.07, 6.45) is 1.56. The number of benzene rings is 1. The zero-order valence-electron chi connectivity index (χ0n) is 9.98. The Morgan fingerprint density at radius 2 is 1.75 bits per heavy atom. The highest BCUT2D eigenvalue weighted by molar-refractivity contribution is 5.20. The second kappa shape index (κ2) is 4.56. The zero-order chi connectivity index (χ0) is 11.6. The fraction of sp³-hybridized carbons (Fsp3) is 0.500. The molecule has 1 heterocycles. The van der Waals surface area contributed by atoms with Crippen LogP contribution >= 0.6 is 0 Å². The van der Waals surface area contributed by atoms with Crippen molar-refractivity contribution in [2.45, 2.75) is 44.7 Å². The molecule has 2 rings (SSSR count). The van der Waals surface area contributed by atoms with Crippen molar-refractivity contribution in [2.24, 2.45) is 0 Å². The Labute approximate surface area is 97.6 Å². The molecule has 0 aliphatic carbocycles. The van der Waals surface area contributed by atoms with Crippen molar-refractivity contribution in [1.29, 1.82) is 0 Å². The highest BCUT2D eigenvalue weighted by Crippen LogP contribution is 2.41. The van der Waals surface area contributed by atoms with E-state index < -0.39 is 5.79 Å². The number of ether oxygens (including phenoxy) is 2. The largest absolute Gasteiger partial charge is 0.344 e. The van der Waals surface area contributed by atoms with Crippen LogP contribution in [0, 0.1) is 6.92 Å². The van der Waals surface area contributed by atoms with Crippen molar-refractivity contribution >= 4 is 0 Å². The van der Waals surface area contributed by atoms with Crippen LogP contribution in [0.1, 0.15) is 38.4 Å². The lowest BCUT2D eigenvalue weighted by Gasteiger charge is -2.25. The predicted molar refractivity (Wildman–Crippen MR) is 63.8 cm³/mol. The summed E-state index contributed by atoms with van der Waals surface area (Å²) in [5.41, 5.74) is 1.14. The fourth-order valence-corrected chi connectivity index (χ4v) is 2.18. The van der Waals surface area contributed by atoms with Gasteiger partial charge in [-0.05, 0) is 25.3 Å². The van der Waals surface area contributed by atoms with Gasteiger partial charge in [0, 0.05) is 0 Å². The van der Waals surface area contributed by atoms with Gasteiger partial charge in [0.25, 0.3) is 0 Å². The van der Waals surface area contributed by atoms with Crippen LogP contribution in [0.25, 0.3) is 0 Å². The maximum absolute atomic E-state index is 6.06. The van der Waals surface area contributed by atoms with Crippen molar-refractivity contribution in [3.8, 4) is 0 Å². The molecule has 2 heteroatoms. The summed E-state index contributed by atoms with van der Waals surface area (Å²) in [5, 5.41) is 0. The van der Waals surface area contributed by atoms with E-state index in [4.69, 9.17) is 9.47 Å². The molecule has 0 N–H and O–H groups in total. The first kappa shape index (κ1) is 11.6. The standard InChI is InChI=1S/C14H19O2/c1-4-14(5-2)15-11(3)13(16-14)12-9-7-6-8-10-12/h6-11,13H,3-5H2,1-2H3. The third kappa shape index (κ3) is 2.00. The lowest BCUT2D eigenvalue weighted by Crippen LogP contribution is -2.28. The Morgan fingerprint density at radius 3 is 2.25 bits per heavy atom. The summed E-state index contributed by atoms with van der Waals surface area (Å²) in [5.74, 6) is -0.438. The first-order valence-electron chi connectivity index (χ1n) is 5.94. The van der Waals surface area contributed by atoms with Gasteiger partial charge in [-0.15, -0.1) is 0 Å². The predicted octanol–water partition coefficient (Wildman–Crippen LogP) is 3.49. The minimum atomic E-state index is -0.438. The molecule has 2 unspecified atom stereocenters. The summed E-state index contributed by atoms with van der Waals surface area (Å²) < 4.78 is 11.9. The minimum absolute atomic E-state index is 0.0406. The van der Waals surface area contributed by atoms with Gasteiger partial charge in [-0.1, -0.05) is 44.2 Å². The maximum Gasteiger partial charge on any atom is 0.169 e. The second-order valence-corrected chi connectivity index (χ2v) is 4.22. The van der Waals surface area contributed by atoms with E-state index in [1.165, 1.54) is 0 Å². The molecule has 1 aliphatic heterocycles. The average Bonchev–Trinajstić information content (AvgIpc) is 2.69. The van der Waals surface area contributed by atoms with Crippen LogP contribution in [0.15, 0.2) is 30.3 Å². The van der Waals surface area contributed by atoms with E-state index >= 15 is 0 Å². The first-order valence-corrected chi connectivity index (χ1v) is 5.94. The molecule has 0 spiro atoms. The lowest BCUT2D eigenvalue weighted by atomic mass is 10.1. The molecule has 2 atom stereocenters. The number of hydrogen-bond donors (Lipinski definition) is 0. The van der Waals surface area contributed by atoms with E-state index in [1.54, 1.807) is 0 Å². The smallest absolute Gasteiger partial charge is 0.169 e. The SMILES string of the molecule is [CH2]C1OC(CC)(CC)OC1c1ccccc1. The van der Waals surface area contributed by atoms with E-state index in [1.807, 2.05) is 18.2 Å². The monoisotopic (exact) mass is 219 g/mol. The molecule has 2 nitrogen and oxygen atoms in total. The van der Waals surface area contributed by atoms with Gasteiger partial charge in [-0.2, -0.15) is 0 Å². The quantitative estimate of drug-likeness (QED) is 0.774. The molecule has 1 fully saturated rings. The minimum Gasteiger partial charge on any atom is -0.344 e. The van der Waals surface area contributed by atoms with E-state index in [2.05, 4.69) is 32.9 Å². The van der Waals surface area contributed by atoms with Gasteiger partial charge in [-0.25, -0.2) is 0 Å². The summed E-state index contributed by atoms with van der Waals surface area (Å²) in [4.78, 5) is 0. The average molecular weight is 219 g/mol. The topological polar surface area (TPSA) is 18.5 Å². The van der Waals surface area contributed by atoms with Gasteiger partial charge in [0.1, 0.15) is 6.10 Å². The Morgan fingerprint density at radius 1 is 1.12 bits per heavy atom. The van der Waals surface area contributed by atoms with E-state index in [-0.39, 0.29) is 12.2 Å². The molecule has 87 valence electrons. The van der Waals surface area contributed by atoms with Gasteiger partial charge < -0.3 is 9.47 Å². The molecular formula is C14H19O2. The van der Waals surface area contributed by atoms with Crippen LogP contribution in [0.2, 0.25) is 0 Å². The summed E-state index contributed by atoms with van der Waals surface area (Å²) >= 11 is 0. The van der Waals surface area contributed by atoms with E-state index in [0.717, 1.165) is 18.4 Å². The van der Waals surface area contributed by atoms with Gasteiger partial charge in [0.05, 0.1) is 6.10 Å². The lowest BCUT2D eigenvalue weighted by molar-refractivity contribution is -0.177. The van der Waals surface area contributed by atoms with Gasteiger partial charge in [0.2, 0.25) is 0 Å². The van der Waals surface area contributed by atoms with Crippen LogP contribution in [-0.2, 0) is 9.47 Å². The summed E-state index contributed by atoms with van der Waals surface area (Å²) in [7, 11) is 0. The van der Waals surface area contributed by atoms with Crippen molar-refractivity contribution in [3.05, 3.63) is 42.8 Å². The maximum atomic E-state index is 6.06. The molecule has 1 radical (unpaired) electrons. The molecule has 0 saturated carbocycles. The molecule has 1 saturated heterocycles. The Hall–Kier alpha value is -0.860. The molecule has 1 aliphatic rings. The van der Waals surface area contributed by atoms with Gasteiger partial charge in [0.15, 0.2) is 5.79 Å². The summed E-state index contributed by atoms with van der Waals surface area (Å²) in [6, 6.07) is 10.2. The zero-order valence-corrected chi connectivity index (χ0v) is 9.98. The van der Waals surface area contributed by atoms with Gasteiger partial charge in [-0.3, -0.25) is 0 Å². The molecule has 0 aromatic heterocycles. The van der Waals surface area contributed by atoms with Crippen LogP contribution in [0.3, 0.4) is 0 Å². The van der Waals surface area contributed by atoms with Crippen LogP contribution in [-0.4, -0.2) is 11.9 Å². The Balaban J connectivity index is 2.20. The normalized spacial score (nSPS) is 28.2. The molecule has 1 aromatic rings. The number of rotatable bonds is 3. The molecule has 0 bridgehead atoms. The highest BCUT2D eigenvalue weighted by Gasteiger charge is 2.43. The highest BCUT2D eigenvalue weighted by atomic mass is 16.8. The van der Waals surface area contributed by atoms with Crippen molar-refractivity contribution in [2.75, 3.05) is 0 Å². The number of hydrogen-bond acceptors (Lipinski definition) is 2. The third-order valence-corrected chi connectivity index (χ3v) is 3.25. The molecule has 1 aromatic carbocycles. The second-order valence-electron chi connectivity index (χ2n) is 4.22. The van der Waals surface area contributed by atoms with Crippen molar-refractivity contribution in [1.82, 2.24) is 0 Å². The van der Waals surface area contributed by atoms with Crippen LogP contribution in [0.5, 0.6) is 0 Å². The fourth-order valence-electron chi connectivity index (χ4n) is 2.18. The van der Waals surface area contributed by atoms with E-state index in [0.29, 0.717) is 0 Å².